The van der Waals surface area contributed by atoms with Crippen LogP contribution in [0.2, 0.25) is 0 Å². The molecule has 0 bridgehead atoms. The second-order valence-electron chi connectivity index (χ2n) is 5.34. The lowest BCUT2D eigenvalue weighted by Gasteiger charge is -2.25. The van der Waals surface area contributed by atoms with Crippen LogP contribution < -0.4 is 0 Å². The summed E-state index contributed by atoms with van der Waals surface area (Å²) in [7, 11) is 0. The Morgan fingerprint density at radius 3 is 3.22 bits per heavy atom. The Morgan fingerprint density at radius 1 is 1.39 bits per heavy atom. The third kappa shape index (κ3) is 2.73. The van der Waals surface area contributed by atoms with Gasteiger partial charge in [0.2, 0.25) is 0 Å². The predicted molar refractivity (Wildman–Crippen MR) is 76.4 cm³/mol. The number of hydrogen-bond donors (Lipinski definition) is 0. The highest BCUT2D eigenvalue weighted by atomic mass is 32.2. The SMILES string of the molecule is CC1CN(CC2CSc3ccccc32)CCCO1. The van der Waals surface area contributed by atoms with Crippen LogP contribution in [0.25, 0.3) is 0 Å². The van der Waals surface area contributed by atoms with Gasteiger partial charge in [-0.3, -0.25) is 0 Å². The molecule has 2 aliphatic heterocycles. The van der Waals surface area contributed by atoms with Crippen molar-refractivity contribution in [2.45, 2.75) is 30.3 Å². The minimum Gasteiger partial charge on any atom is -0.377 e. The van der Waals surface area contributed by atoms with Gasteiger partial charge in [-0.25, -0.2) is 0 Å². The summed E-state index contributed by atoms with van der Waals surface area (Å²) in [5.74, 6) is 1.95. The molecule has 0 N–H and O–H groups in total. The molecule has 2 unspecified atom stereocenters. The maximum absolute atomic E-state index is 5.72. The number of benzene rings is 1. The van der Waals surface area contributed by atoms with Gasteiger partial charge in [0.15, 0.2) is 0 Å². The van der Waals surface area contributed by atoms with Gasteiger partial charge in [-0.2, -0.15) is 0 Å². The average molecular weight is 263 g/mol. The number of nitrogens with zero attached hydrogens (tertiary/aromatic N) is 1. The third-order valence-electron chi connectivity index (χ3n) is 3.81. The summed E-state index contributed by atoms with van der Waals surface area (Å²) in [4.78, 5) is 4.08. The van der Waals surface area contributed by atoms with Gasteiger partial charge >= 0.3 is 0 Å². The van der Waals surface area contributed by atoms with E-state index in [0.29, 0.717) is 12.0 Å². The lowest BCUT2D eigenvalue weighted by atomic mass is 10.0. The smallest absolute Gasteiger partial charge is 0.0673 e. The van der Waals surface area contributed by atoms with Crippen LogP contribution in [-0.4, -0.2) is 43.0 Å². The van der Waals surface area contributed by atoms with Crippen LogP contribution in [0.4, 0.5) is 0 Å². The summed E-state index contributed by atoms with van der Waals surface area (Å²) in [5, 5.41) is 0. The summed E-state index contributed by atoms with van der Waals surface area (Å²) >= 11 is 2.01. The number of thioether (sulfide) groups is 1. The van der Waals surface area contributed by atoms with Gasteiger partial charge in [0.25, 0.3) is 0 Å². The molecule has 2 aliphatic rings. The molecular weight excluding hydrogens is 242 g/mol. The molecule has 2 atom stereocenters. The van der Waals surface area contributed by atoms with Crippen LogP contribution >= 0.6 is 11.8 Å². The standard InChI is InChI=1S/C15H21NOS/c1-12-9-16(7-4-8-17-12)10-13-11-18-15-6-3-2-5-14(13)15/h2-3,5-6,12-13H,4,7-11H2,1H3. The highest BCUT2D eigenvalue weighted by Crippen LogP contribution is 2.39. The summed E-state index contributed by atoms with van der Waals surface area (Å²) in [6, 6.07) is 8.88. The van der Waals surface area contributed by atoms with Crippen molar-refractivity contribution in [3.63, 3.8) is 0 Å². The second kappa shape index (κ2) is 5.64. The first-order chi connectivity index (χ1) is 8.83. The quantitative estimate of drug-likeness (QED) is 0.814. The van der Waals surface area contributed by atoms with Gasteiger partial charge in [-0.15, -0.1) is 11.8 Å². The van der Waals surface area contributed by atoms with Crippen molar-refractivity contribution in [3.05, 3.63) is 29.8 Å². The van der Waals surface area contributed by atoms with E-state index < -0.39 is 0 Å². The average Bonchev–Trinajstić information content (AvgIpc) is 2.66. The first kappa shape index (κ1) is 12.5. The third-order valence-corrected chi connectivity index (χ3v) is 5.07. The number of ether oxygens (including phenoxy) is 1. The molecule has 0 aliphatic carbocycles. The Hall–Kier alpha value is -0.510. The molecule has 0 aromatic heterocycles. The van der Waals surface area contributed by atoms with E-state index >= 15 is 0 Å². The van der Waals surface area contributed by atoms with E-state index in [4.69, 9.17) is 4.74 Å². The molecule has 1 fully saturated rings. The lowest BCUT2D eigenvalue weighted by Crippen LogP contribution is -2.34. The molecule has 3 heteroatoms. The van der Waals surface area contributed by atoms with Crippen LogP contribution in [0.3, 0.4) is 0 Å². The predicted octanol–water partition coefficient (Wildman–Crippen LogP) is 2.99. The molecular formula is C15H21NOS. The normalized spacial score (nSPS) is 28.9. The van der Waals surface area contributed by atoms with E-state index in [1.54, 1.807) is 5.56 Å². The topological polar surface area (TPSA) is 12.5 Å². The summed E-state index contributed by atoms with van der Waals surface area (Å²) < 4.78 is 5.72. The zero-order chi connectivity index (χ0) is 12.4. The highest BCUT2D eigenvalue weighted by molar-refractivity contribution is 7.99. The van der Waals surface area contributed by atoms with Crippen molar-refractivity contribution in [1.29, 1.82) is 0 Å². The van der Waals surface area contributed by atoms with Crippen LogP contribution in [0.5, 0.6) is 0 Å². The Balaban J connectivity index is 1.66. The molecule has 0 saturated carbocycles. The van der Waals surface area contributed by atoms with Gasteiger partial charge in [-0.05, 0) is 25.0 Å². The summed E-state index contributed by atoms with van der Waals surface area (Å²) in [5.41, 5.74) is 1.56. The van der Waals surface area contributed by atoms with E-state index in [1.165, 1.54) is 30.2 Å². The van der Waals surface area contributed by atoms with Crippen LogP contribution in [0.1, 0.15) is 24.8 Å². The molecule has 18 heavy (non-hydrogen) atoms. The molecule has 1 saturated heterocycles. The van der Waals surface area contributed by atoms with Gasteiger partial charge in [0, 0.05) is 42.8 Å². The van der Waals surface area contributed by atoms with Crippen molar-refractivity contribution in [3.8, 4) is 0 Å². The van der Waals surface area contributed by atoms with E-state index in [2.05, 4.69) is 36.1 Å². The maximum atomic E-state index is 5.72. The molecule has 0 amide bonds. The fourth-order valence-electron chi connectivity index (χ4n) is 2.94. The van der Waals surface area contributed by atoms with E-state index in [-0.39, 0.29) is 0 Å². The molecule has 0 radical (unpaired) electrons. The van der Waals surface area contributed by atoms with Gasteiger partial charge in [-0.1, -0.05) is 18.2 Å². The summed E-state index contributed by atoms with van der Waals surface area (Å²) in [6.45, 7) is 6.58. The lowest BCUT2D eigenvalue weighted by molar-refractivity contribution is 0.0672. The van der Waals surface area contributed by atoms with E-state index in [9.17, 15) is 0 Å². The minimum absolute atomic E-state index is 0.386. The Labute approximate surface area is 114 Å². The first-order valence-corrected chi connectivity index (χ1v) is 7.87. The van der Waals surface area contributed by atoms with Crippen molar-refractivity contribution in [2.24, 2.45) is 0 Å². The maximum Gasteiger partial charge on any atom is 0.0673 e. The van der Waals surface area contributed by atoms with Crippen molar-refractivity contribution < 1.29 is 4.74 Å². The Bertz CT molecular complexity index is 409. The monoisotopic (exact) mass is 263 g/mol. The molecule has 2 heterocycles. The Kier molecular flexibility index (Phi) is 3.92. The summed E-state index contributed by atoms with van der Waals surface area (Å²) in [6.07, 6.45) is 1.56. The number of rotatable bonds is 2. The minimum atomic E-state index is 0.386. The van der Waals surface area contributed by atoms with Gasteiger partial charge < -0.3 is 9.64 Å². The molecule has 3 rings (SSSR count). The van der Waals surface area contributed by atoms with Crippen molar-refractivity contribution in [2.75, 3.05) is 32.0 Å². The first-order valence-electron chi connectivity index (χ1n) is 6.88. The molecule has 1 aromatic carbocycles. The van der Waals surface area contributed by atoms with Crippen LogP contribution in [0, 0.1) is 0 Å². The molecule has 2 nitrogen and oxygen atoms in total. The second-order valence-corrected chi connectivity index (χ2v) is 6.40. The molecule has 1 aromatic rings. The van der Waals surface area contributed by atoms with Gasteiger partial charge in [0.05, 0.1) is 6.10 Å². The van der Waals surface area contributed by atoms with E-state index in [1.807, 2.05) is 11.8 Å². The Morgan fingerprint density at radius 2 is 2.28 bits per heavy atom. The largest absolute Gasteiger partial charge is 0.377 e. The zero-order valence-electron chi connectivity index (χ0n) is 11.0. The van der Waals surface area contributed by atoms with Crippen molar-refractivity contribution in [1.82, 2.24) is 4.90 Å². The number of fused-ring (bicyclic) bond motifs is 1. The van der Waals surface area contributed by atoms with E-state index in [0.717, 1.165) is 13.2 Å². The fourth-order valence-corrected chi connectivity index (χ4v) is 4.18. The highest BCUT2D eigenvalue weighted by Gasteiger charge is 2.26. The van der Waals surface area contributed by atoms with Crippen LogP contribution in [-0.2, 0) is 4.74 Å². The van der Waals surface area contributed by atoms with Crippen molar-refractivity contribution >= 4 is 11.8 Å². The molecule has 0 spiro atoms. The molecule has 98 valence electrons. The van der Waals surface area contributed by atoms with Gasteiger partial charge in [0.1, 0.15) is 0 Å². The van der Waals surface area contributed by atoms with Crippen LogP contribution in [0.15, 0.2) is 29.2 Å². The number of hydrogen-bond acceptors (Lipinski definition) is 3. The zero-order valence-corrected chi connectivity index (χ0v) is 11.8. The fraction of sp³-hybridized carbons (Fsp3) is 0.600.